The van der Waals surface area contributed by atoms with E-state index in [1.54, 1.807) is 33.7 Å². The fourth-order valence-electron chi connectivity index (χ4n) is 8.79. The first-order valence-corrected chi connectivity index (χ1v) is 22.8. The Labute approximate surface area is 344 Å². The standard InChI is InChI=1S/C44H56N4O7S2/c1-26(2)37-24-57-56-23-35-34-22-33-28-12-15-31(50)21-30(49)14-11-27-13-16-38(51)40(53-3)32(27)9-6-8-29(20-28)39(41(33)55-42(34)52)54-25-46-44(17-4-5-18-44)19-7-10-36(35)47-43(45)48-37/h13,16,20,26,31,34-37,42,46,50-52H,4-5,8,11-12,14-15,17-19,21-25H2,1-3H3,(H3,45,47,48)/t31-,34-,35-,36-,37-,42-/m1/s1. The minimum Gasteiger partial charge on any atom is -0.504 e. The van der Waals surface area contributed by atoms with Crippen molar-refractivity contribution in [3.05, 3.63) is 46.0 Å². The number of aryl methyl sites for hydroxylation is 2. The molecule has 6 bridgehead atoms. The fraction of sp³-hybridized carbons (Fsp3) is 0.591. The normalized spacial score (nSPS) is 27.8. The summed E-state index contributed by atoms with van der Waals surface area (Å²) in [5.74, 6) is 16.5. The molecule has 0 radical (unpaired) electrons. The minimum atomic E-state index is -1.17. The van der Waals surface area contributed by atoms with Crippen LogP contribution in [0.1, 0.15) is 93.0 Å². The number of methoxy groups -OCH3 is 1. The molecule has 306 valence electrons. The maximum Gasteiger partial charge on any atom is 0.201 e. The van der Waals surface area contributed by atoms with Crippen molar-refractivity contribution in [1.82, 2.24) is 10.6 Å². The highest BCUT2D eigenvalue weighted by atomic mass is 33.1. The molecule has 0 saturated heterocycles. The molecule has 8 rings (SSSR count). The summed E-state index contributed by atoms with van der Waals surface area (Å²) in [4.78, 5) is 18.0. The first-order chi connectivity index (χ1) is 27.5. The van der Waals surface area contributed by atoms with Crippen LogP contribution in [-0.2, 0) is 30.5 Å². The number of nitrogens with one attached hydrogen (secondary N) is 2. The van der Waals surface area contributed by atoms with E-state index in [9.17, 15) is 20.1 Å². The molecule has 1 spiro atoms. The van der Waals surface area contributed by atoms with E-state index in [1.165, 1.54) is 7.11 Å². The van der Waals surface area contributed by atoms with Crippen molar-refractivity contribution in [3.8, 4) is 46.7 Å². The number of Topliss-reactive ketones (excluding diaryl/α,β-unsaturated/α-hetero) is 1. The summed E-state index contributed by atoms with van der Waals surface area (Å²) < 4.78 is 18.9. The van der Waals surface area contributed by atoms with E-state index in [-0.39, 0.29) is 66.7 Å². The van der Waals surface area contributed by atoms with Crippen LogP contribution < -0.4 is 30.6 Å². The first kappa shape index (κ1) is 41.4. The van der Waals surface area contributed by atoms with Crippen molar-refractivity contribution < 1.29 is 34.3 Å². The monoisotopic (exact) mass is 816 g/mol. The zero-order chi connectivity index (χ0) is 40.1. The van der Waals surface area contributed by atoms with Gasteiger partial charge >= 0.3 is 0 Å². The van der Waals surface area contributed by atoms with Gasteiger partial charge in [-0.2, -0.15) is 0 Å². The molecule has 6 atom stereocenters. The number of phenolic OH excluding ortho intramolecular Hbond substituents is 1. The minimum absolute atomic E-state index is 0.0291. The number of phenols is 1. The fourth-order valence-corrected chi connectivity index (χ4v) is 11.6. The van der Waals surface area contributed by atoms with E-state index in [2.05, 4.69) is 54.2 Å². The van der Waals surface area contributed by atoms with Gasteiger partial charge in [0.05, 0.1) is 30.9 Å². The molecule has 6 aliphatic rings. The van der Waals surface area contributed by atoms with Crippen molar-refractivity contribution >= 4 is 33.3 Å². The van der Waals surface area contributed by atoms with Gasteiger partial charge < -0.3 is 40.6 Å². The SMILES string of the molecule is COc1c(O)ccc2c1C#CCc1cc(c3c4c1OCNC1(CC#C[C@H]5NC(N)=N[C@@H](C(C)C)CSSC[C@@H]5[C@@H](C3)[C@H](O)O4)CCCC1)CC[C@@H](O)CC(=O)CC2. The molecule has 2 aromatic carbocycles. The topological polar surface area (TPSA) is 168 Å². The number of aromatic hydroxyl groups is 1. The Balaban J connectivity index is 1.35. The lowest BCUT2D eigenvalue weighted by molar-refractivity contribution is -0.121. The predicted octanol–water partition coefficient (Wildman–Crippen LogP) is 5.02. The molecule has 4 heterocycles. The van der Waals surface area contributed by atoms with Crippen molar-refractivity contribution in [2.24, 2.45) is 28.5 Å². The van der Waals surface area contributed by atoms with E-state index in [0.717, 1.165) is 53.7 Å². The van der Waals surface area contributed by atoms with Gasteiger partial charge in [0.1, 0.15) is 12.5 Å². The average molecular weight is 817 g/mol. The second kappa shape index (κ2) is 18.5. The third-order valence-electron chi connectivity index (χ3n) is 12.2. The van der Waals surface area contributed by atoms with Crippen LogP contribution in [0.2, 0.25) is 0 Å². The predicted molar refractivity (Wildman–Crippen MR) is 226 cm³/mol. The van der Waals surface area contributed by atoms with Gasteiger partial charge in [-0.05, 0) is 61.6 Å². The Morgan fingerprint density at radius 2 is 1.82 bits per heavy atom. The molecule has 13 heteroatoms. The summed E-state index contributed by atoms with van der Waals surface area (Å²) in [5.41, 5.74) is 10.4. The van der Waals surface area contributed by atoms with Crippen LogP contribution in [0.4, 0.5) is 0 Å². The number of hydrogen-bond donors (Lipinski definition) is 6. The molecule has 0 aromatic heterocycles. The van der Waals surface area contributed by atoms with E-state index < -0.39 is 18.4 Å². The summed E-state index contributed by atoms with van der Waals surface area (Å²) >= 11 is 0. The Kier molecular flexibility index (Phi) is 13.4. The van der Waals surface area contributed by atoms with Gasteiger partial charge in [-0.1, -0.05) is 84.1 Å². The van der Waals surface area contributed by atoms with E-state index in [0.29, 0.717) is 66.8 Å². The molecule has 2 aliphatic carbocycles. The molecule has 7 N–H and O–H groups in total. The van der Waals surface area contributed by atoms with E-state index in [4.69, 9.17) is 24.9 Å². The van der Waals surface area contributed by atoms with Crippen LogP contribution in [0.25, 0.3) is 0 Å². The molecular formula is C44H56N4O7S2. The molecule has 4 aliphatic heterocycles. The van der Waals surface area contributed by atoms with Gasteiger partial charge in [-0.3, -0.25) is 10.1 Å². The quantitative estimate of drug-likeness (QED) is 0.177. The maximum absolute atomic E-state index is 13.1. The van der Waals surface area contributed by atoms with Gasteiger partial charge in [-0.25, -0.2) is 4.99 Å². The van der Waals surface area contributed by atoms with Crippen LogP contribution in [0.15, 0.2) is 23.2 Å². The highest BCUT2D eigenvalue weighted by molar-refractivity contribution is 8.76. The summed E-state index contributed by atoms with van der Waals surface area (Å²) in [6.07, 6.45) is 5.05. The third-order valence-corrected chi connectivity index (χ3v) is 14.7. The lowest BCUT2D eigenvalue weighted by Gasteiger charge is -2.40. The number of aliphatic imine (C=N–C) groups is 1. The Morgan fingerprint density at radius 1 is 1.02 bits per heavy atom. The summed E-state index contributed by atoms with van der Waals surface area (Å²) in [6, 6.07) is 5.09. The number of benzene rings is 2. The molecule has 57 heavy (non-hydrogen) atoms. The zero-order valence-electron chi connectivity index (χ0n) is 33.2. The largest absolute Gasteiger partial charge is 0.504 e. The number of aliphatic hydroxyl groups excluding tert-OH is 2. The number of nitrogens with zero attached hydrogens (tertiary/aromatic N) is 1. The van der Waals surface area contributed by atoms with Crippen molar-refractivity contribution in [2.75, 3.05) is 25.3 Å². The number of hydrogen-bond acceptors (Lipinski definition) is 13. The van der Waals surface area contributed by atoms with Gasteiger partial charge in [0.2, 0.25) is 6.29 Å². The highest BCUT2D eigenvalue weighted by Crippen LogP contribution is 2.47. The number of carbonyl (C=O) groups is 1. The lowest BCUT2D eigenvalue weighted by atomic mass is 9.78. The number of ether oxygens (including phenoxy) is 3. The average Bonchev–Trinajstić information content (AvgIpc) is 3.64. The zero-order valence-corrected chi connectivity index (χ0v) is 34.8. The van der Waals surface area contributed by atoms with Gasteiger partial charge in [0.15, 0.2) is 29.0 Å². The van der Waals surface area contributed by atoms with E-state index >= 15 is 0 Å². The molecule has 0 unspecified atom stereocenters. The smallest absolute Gasteiger partial charge is 0.201 e. The highest BCUT2D eigenvalue weighted by Gasteiger charge is 2.42. The first-order valence-electron chi connectivity index (χ1n) is 20.3. The lowest BCUT2D eigenvalue weighted by Crippen LogP contribution is -2.51. The van der Waals surface area contributed by atoms with Crippen LogP contribution in [0.3, 0.4) is 0 Å². The van der Waals surface area contributed by atoms with Crippen LogP contribution >= 0.6 is 21.6 Å². The van der Waals surface area contributed by atoms with Crippen LogP contribution in [-0.4, -0.2) is 82.4 Å². The van der Waals surface area contributed by atoms with Gasteiger partial charge in [-0.15, -0.1) is 0 Å². The molecule has 11 nitrogen and oxygen atoms in total. The number of nitrogens with two attached hydrogens (primary N) is 1. The second-order valence-electron chi connectivity index (χ2n) is 16.4. The van der Waals surface area contributed by atoms with Crippen molar-refractivity contribution in [2.45, 2.75) is 121 Å². The summed E-state index contributed by atoms with van der Waals surface area (Å²) in [5, 5.41) is 41.1. The van der Waals surface area contributed by atoms with Crippen molar-refractivity contribution in [1.29, 1.82) is 0 Å². The molecule has 2 aromatic rings. The summed E-state index contributed by atoms with van der Waals surface area (Å²) in [6.45, 7) is 4.52. The number of carbonyl (C=O) groups excluding carboxylic acids is 1. The van der Waals surface area contributed by atoms with Crippen molar-refractivity contribution in [3.63, 3.8) is 0 Å². The second-order valence-corrected chi connectivity index (χ2v) is 19.0. The molecule has 1 fully saturated rings. The maximum atomic E-state index is 13.1. The van der Waals surface area contributed by atoms with Gasteiger partial charge in [0, 0.05) is 65.7 Å². The molecular weight excluding hydrogens is 761 g/mol. The summed E-state index contributed by atoms with van der Waals surface area (Å²) in [7, 11) is 5.04. The number of fused-ring (bicyclic) bond motifs is 7. The number of guanidine groups is 1. The Hall–Kier alpha value is -3.72. The van der Waals surface area contributed by atoms with E-state index in [1.807, 2.05) is 0 Å². The molecule has 1 saturated carbocycles. The molecule has 0 amide bonds. The third kappa shape index (κ3) is 9.61. The van der Waals surface area contributed by atoms with Crippen LogP contribution in [0, 0.1) is 41.4 Å². The number of aliphatic hydroxyl groups is 2. The number of rotatable bonds is 2. The van der Waals surface area contributed by atoms with Gasteiger partial charge in [0.25, 0.3) is 0 Å². The Morgan fingerprint density at radius 3 is 2.61 bits per heavy atom. The Bertz CT molecular complexity index is 1960. The van der Waals surface area contributed by atoms with Crippen LogP contribution in [0.5, 0.6) is 23.0 Å². The number of ketones is 1.